The summed E-state index contributed by atoms with van der Waals surface area (Å²) in [6.45, 7) is 0. The molecular weight excluding hydrogens is 581 g/mol. The maximum Gasteiger partial charge on any atom is 0.0619 e. The molecule has 10 rings (SSSR count). The van der Waals surface area contributed by atoms with Crippen molar-refractivity contribution in [2.24, 2.45) is 0 Å². The van der Waals surface area contributed by atoms with Crippen LogP contribution in [-0.4, -0.2) is 9.13 Å². The van der Waals surface area contributed by atoms with Crippen molar-refractivity contribution in [1.29, 1.82) is 0 Å². The molecule has 0 atom stereocenters. The van der Waals surface area contributed by atoms with E-state index in [1.54, 1.807) is 0 Å². The summed E-state index contributed by atoms with van der Waals surface area (Å²) >= 11 is 0. The molecule has 0 aliphatic heterocycles. The fourth-order valence-electron chi connectivity index (χ4n) is 7.78. The second kappa shape index (κ2) is 10.6. The third-order valence-electron chi connectivity index (χ3n) is 9.91. The first-order valence-corrected chi connectivity index (χ1v) is 16.5. The topological polar surface area (TPSA) is 9.86 Å². The zero-order valence-corrected chi connectivity index (χ0v) is 26.2. The minimum absolute atomic E-state index is 1.15. The van der Waals surface area contributed by atoms with E-state index in [0.29, 0.717) is 0 Å². The third kappa shape index (κ3) is 4.00. The molecule has 0 spiro atoms. The lowest BCUT2D eigenvalue weighted by Crippen LogP contribution is -1.96. The van der Waals surface area contributed by atoms with Crippen molar-refractivity contribution in [2.45, 2.75) is 0 Å². The highest BCUT2D eigenvalue weighted by molar-refractivity contribution is 6.20. The van der Waals surface area contributed by atoms with Crippen LogP contribution in [0.4, 0.5) is 0 Å². The molecule has 0 amide bonds. The minimum Gasteiger partial charge on any atom is -0.309 e. The summed E-state index contributed by atoms with van der Waals surface area (Å²) in [6, 6.07) is 66.2. The molecule has 0 aliphatic carbocycles. The van der Waals surface area contributed by atoms with Crippen LogP contribution in [-0.2, 0) is 0 Å². The van der Waals surface area contributed by atoms with Gasteiger partial charge in [-0.15, -0.1) is 0 Å². The minimum atomic E-state index is 1.15. The summed E-state index contributed by atoms with van der Waals surface area (Å²) < 4.78 is 4.88. The van der Waals surface area contributed by atoms with Gasteiger partial charge in [-0.05, 0) is 69.9 Å². The van der Waals surface area contributed by atoms with E-state index >= 15 is 0 Å². The molecule has 8 aromatic carbocycles. The molecule has 0 N–H and O–H groups in total. The molecular formula is C46H30N2. The van der Waals surface area contributed by atoms with Crippen molar-refractivity contribution in [2.75, 3.05) is 0 Å². The predicted octanol–water partition coefficient (Wildman–Crippen LogP) is 12.4. The average Bonchev–Trinajstić information content (AvgIpc) is 3.68. The molecule has 0 unspecified atom stereocenters. The number of para-hydroxylation sites is 3. The summed E-state index contributed by atoms with van der Waals surface area (Å²) in [5, 5.41) is 7.52. The van der Waals surface area contributed by atoms with Gasteiger partial charge in [0.15, 0.2) is 0 Å². The number of benzene rings is 8. The summed E-state index contributed by atoms with van der Waals surface area (Å²) in [6.07, 6.45) is 0. The Morgan fingerprint density at radius 2 is 0.896 bits per heavy atom. The fraction of sp³-hybridized carbons (Fsp3) is 0. The monoisotopic (exact) mass is 610 g/mol. The van der Waals surface area contributed by atoms with Gasteiger partial charge in [-0.3, -0.25) is 0 Å². The maximum atomic E-state index is 2.47. The number of hydrogen-bond acceptors (Lipinski definition) is 0. The van der Waals surface area contributed by atoms with Gasteiger partial charge in [0.25, 0.3) is 0 Å². The fourth-order valence-corrected chi connectivity index (χ4v) is 7.78. The van der Waals surface area contributed by atoms with Crippen LogP contribution in [0.5, 0.6) is 0 Å². The van der Waals surface area contributed by atoms with Crippen LogP contribution in [0.1, 0.15) is 0 Å². The van der Waals surface area contributed by atoms with Crippen LogP contribution < -0.4 is 0 Å². The number of rotatable bonds is 4. The van der Waals surface area contributed by atoms with E-state index in [1.165, 1.54) is 82.3 Å². The molecule has 0 fully saturated rings. The zero-order chi connectivity index (χ0) is 31.6. The highest BCUT2D eigenvalue weighted by atomic mass is 15.0. The van der Waals surface area contributed by atoms with Crippen molar-refractivity contribution in [3.05, 3.63) is 182 Å². The first-order valence-electron chi connectivity index (χ1n) is 16.5. The second-order valence-electron chi connectivity index (χ2n) is 12.6. The maximum absolute atomic E-state index is 2.47. The summed E-state index contributed by atoms with van der Waals surface area (Å²) in [5.41, 5.74) is 12.1. The highest BCUT2D eigenvalue weighted by Crippen LogP contribution is 2.43. The lowest BCUT2D eigenvalue weighted by Gasteiger charge is -2.14. The Bertz CT molecular complexity index is 2820. The van der Waals surface area contributed by atoms with Gasteiger partial charge in [0.1, 0.15) is 0 Å². The summed E-state index contributed by atoms with van der Waals surface area (Å²) in [5.74, 6) is 0. The van der Waals surface area contributed by atoms with Crippen LogP contribution in [0.2, 0.25) is 0 Å². The van der Waals surface area contributed by atoms with E-state index in [9.17, 15) is 0 Å². The average molecular weight is 611 g/mol. The molecule has 0 saturated carbocycles. The zero-order valence-electron chi connectivity index (χ0n) is 26.2. The van der Waals surface area contributed by atoms with E-state index in [-0.39, 0.29) is 0 Å². The molecule has 2 nitrogen and oxygen atoms in total. The first kappa shape index (κ1) is 26.8. The standard InChI is InChI=1S/C46H30N2/c1-2-12-31(13-3-1)33-24-27-35(28-25-33)47-43-22-9-7-17-41(43)45-38(18-11-23-44(45)47)40-20-10-19-39-37-16-6-8-21-42(37)48(46(39)40)36-29-26-32-14-4-5-15-34(32)30-36/h1-30H. The number of nitrogens with zero attached hydrogens (tertiary/aromatic N) is 2. The normalized spacial score (nSPS) is 11.8. The van der Waals surface area contributed by atoms with Gasteiger partial charge >= 0.3 is 0 Å². The molecule has 0 radical (unpaired) electrons. The summed E-state index contributed by atoms with van der Waals surface area (Å²) in [7, 11) is 0. The lowest BCUT2D eigenvalue weighted by atomic mass is 9.97. The Kier molecular flexibility index (Phi) is 5.91. The van der Waals surface area contributed by atoms with Crippen molar-refractivity contribution in [1.82, 2.24) is 9.13 Å². The van der Waals surface area contributed by atoms with Crippen molar-refractivity contribution >= 4 is 54.4 Å². The van der Waals surface area contributed by atoms with Gasteiger partial charge in [-0.1, -0.05) is 140 Å². The van der Waals surface area contributed by atoms with Gasteiger partial charge in [0, 0.05) is 38.5 Å². The number of aromatic nitrogens is 2. The molecule has 0 bridgehead atoms. The number of fused-ring (bicyclic) bond motifs is 7. The highest BCUT2D eigenvalue weighted by Gasteiger charge is 2.21. The Labute approximate surface area is 278 Å². The molecule has 0 aliphatic rings. The Morgan fingerprint density at radius 1 is 0.312 bits per heavy atom. The van der Waals surface area contributed by atoms with Crippen molar-refractivity contribution in [3.63, 3.8) is 0 Å². The van der Waals surface area contributed by atoms with E-state index in [0.717, 1.165) is 5.69 Å². The van der Waals surface area contributed by atoms with Gasteiger partial charge in [0.05, 0.1) is 22.1 Å². The van der Waals surface area contributed by atoms with Gasteiger partial charge in [-0.25, -0.2) is 0 Å². The first-order chi connectivity index (χ1) is 23.8. The SMILES string of the molecule is c1ccc(-c2ccc(-n3c4ccccc4c4c(-c5cccc6c7ccccc7n(-c7ccc8ccccc8c7)c56)cccc43)cc2)cc1. The van der Waals surface area contributed by atoms with Crippen LogP contribution >= 0.6 is 0 Å². The lowest BCUT2D eigenvalue weighted by molar-refractivity contribution is 1.18. The molecule has 48 heavy (non-hydrogen) atoms. The van der Waals surface area contributed by atoms with Crippen molar-refractivity contribution < 1.29 is 0 Å². The Balaban J connectivity index is 1.26. The molecule has 10 aromatic rings. The van der Waals surface area contributed by atoms with Gasteiger partial charge < -0.3 is 9.13 Å². The quantitative estimate of drug-likeness (QED) is 0.188. The van der Waals surface area contributed by atoms with E-state index in [2.05, 4.69) is 191 Å². The molecule has 2 aromatic heterocycles. The van der Waals surface area contributed by atoms with E-state index in [1.807, 2.05) is 0 Å². The van der Waals surface area contributed by atoms with Crippen LogP contribution in [0.25, 0.3) is 88.0 Å². The predicted molar refractivity (Wildman–Crippen MR) is 203 cm³/mol. The van der Waals surface area contributed by atoms with Crippen LogP contribution in [0.15, 0.2) is 182 Å². The van der Waals surface area contributed by atoms with Gasteiger partial charge in [-0.2, -0.15) is 0 Å². The van der Waals surface area contributed by atoms with Crippen LogP contribution in [0, 0.1) is 0 Å². The Hall–Kier alpha value is -6.38. The largest absolute Gasteiger partial charge is 0.309 e. The van der Waals surface area contributed by atoms with Crippen LogP contribution in [0.3, 0.4) is 0 Å². The van der Waals surface area contributed by atoms with E-state index in [4.69, 9.17) is 0 Å². The molecule has 2 heteroatoms. The molecule has 2 heterocycles. The molecule has 224 valence electrons. The van der Waals surface area contributed by atoms with E-state index < -0.39 is 0 Å². The smallest absolute Gasteiger partial charge is 0.0619 e. The molecule has 0 saturated heterocycles. The summed E-state index contributed by atoms with van der Waals surface area (Å²) in [4.78, 5) is 0. The van der Waals surface area contributed by atoms with Gasteiger partial charge in [0.2, 0.25) is 0 Å². The second-order valence-corrected chi connectivity index (χ2v) is 12.6. The number of hydrogen-bond donors (Lipinski definition) is 0. The third-order valence-corrected chi connectivity index (χ3v) is 9.91. The van der Waals surface area contributed by atoms with Crippen molar-refractivity contribution in [3.8, 4) is 33.6 Å². The Morgan fingerprint density at radius 3 is 1.73 bits per heavy atom.